The van der Waals surface area contributed by atoms with Crippen LogP contribution in [0.3, 0.4) is 0 Å². The predicted octanol–water partition coefficient (Wildman–Crippen LogP) is 2.85. The molecule has 3 rings (SSSR count). The average molecular weight is 356 g/mol. The molecule has 0 saturated heterocycles. The monoisotopic (exact) mass is 355 g/mol. The summed E-state index contributed by atoms with van der Waals surface area (Å²) in [5.74, 6) is -0.290. The summed E-state index contributed by atoms with van der Waals surface area (Å²) in [6.07, 6.45) is 2.06. The average Bonchev–Trinajstić information content (AvgIpc) is 2.98. The Morgan fingerprint density at radius 3 is 2.56 bits per heavy atom. The number of aromatic amines is 1. The molecular formula is C19H18ClN3O2. The van der Waals surface area contributed by atoms with Crippen molar-refractivity contribution in [2.75, 3.05) is 6.54 Å². The molecule has 0 fully saturated rings. The minimum absolute atomic E-state index is 0.290. The van der Waals surface area contributed by atoms with E-state index in [9.17, 15) is 9.59 Å². The number of nitrogens with zero attached hydrogens (tertiary/aromatic N) is 1. The van der Waals surface area contributed by atoms with Gasteiger partial charge in [-0.1, -0.05) is 60.1 Å². The Morgan fingerprint density at radius 2 is 1.80 bits per heavy atom. The van der Waals surface area contributed by atoms with Crippen molar-refractivity contribution >= 4 is 17.5 Å². The van der Waals surface area contributed by atoms with Gasteiger partial charge in [-0.05, 0) is 23.6 Å². The summed E-state index contributed by atoms with van der Waals surface area (Å²) in [5.41, 5.74) is 1.93. The quantitative estimate of drug-likeness (QED) is 0.714. The van der Waals surface area contributed by atoms with Crippen LogP contribution in [-0.4, -0.2) is 22.0 Å². The summed E-state index contributed by atoms with van der Waals surface area (Å²) in [5, 5.41) is 3.52. The molecule has 0 aliphatic carbocycles. The number of H-pyrrole nitrogens is 1. The van der Waals surface area contributed by atoms with Crippen molar-refractivity contribution in [1.29, 1.82) is 0 Å². The first kappa shape index (κ1) is 17.0. The summed E-state index contributed by atoms with van der Waals surface area (Å²) < 4.78 is 1.43. The first-order chi connectivity index (χ1) is 12.1. The van der Waals surface area contributed by atoms with E-state index in [0.29, 0.717) is 30.2 Å². The standard InChI is InChI=1S/C19H18ClN3O2/c20-16-9-5-4-8-15(16)10-11-21-18(24)17-12-22-19(25)23(17)13-14-6-2-1-3-7-14/h1-9,12H,10-11,13H2,(H,21,24)(H,22,25). The Labute approximate surface area is 150 Å². The van der Waals surface area contributed by atoms with E-state index < -0.39 is 0 Å². The Kier molecular flexibility index (Phi) is 5.36. The van der Waals surface area contributed by atoms with Gasteiger partial charge in [0.2, 0.25) is 0 Å². The van der Waals surface area contributed by atoms with Crippen molar-refractivity contribution in [2.24, 2.45) is 0 Å². The summed E-state index contributed by atoms with van der Waals surface area (Å²) >= 11 is 6.11. The molecule has 3 aromatic rings. The zero-order chi connectivity index (χ0) is 17.6. The number of nitrogens with one attached hydrogen (secondary N) is 2. The Bertz CT molecular complexity index is 916. The molecule has 0 atom stereocenters. The molecule has 1 aromatic heterocycles. The van der Waals surface area contributed by atoms with Crippen molar-refractivity contribution in [3.63, 3.8) is 0 Å². The highest BCUT2D eigenvalue weighted by Crippen LogP contribution is 2.14. The van der Waals surface area contributed by atoms with E-state index in [-0.39, 0.29) is 11.6 Å². The zero-order valence-electron chi connectivity index (χ0n) is 13.5. The molecule has 0 saturated carbocycles. The molecule has 2 N–H and O–H groups in total. The van der Waals surface area contributed by atoms with Crippen LogP contribution in [0.5, 0.6) is 0 Å². The van der Waals surface area contributed by atoms with Crippen molar-refractivity contribution in [3.8, 4) is 0 Å². The number of hydrogen-bond donors (Lipinski definition) is 2. The third kappa shape index (κ3) is 4.19. The van der Waals surface area contributed by atoms with Crippen molar-refractivity contribution in [1.82, 2.24) is 14.9 Å². The summed E-state index contributed by atoms with van der Waals surface area (Å²) in [4.78, 5) is 27.0. The van der Waals surface area contributed by atoms with E-state index in [1.54, 1.807) is 0 Å². The van der Waals surface area contributed by atoms with Gasteiger partial charge in [0.15, 0.2) is 0 Å². The fourth-order valence-electron chi connectivity index (χ4n) is 2.61. The van der Waals surface area contributed by atoms with Crippen LogP contribution in [0.1, 0.15) is 21.6 Å². The lowest BCUT2D eigenvalue weighted by Crippen LogP contribution is -2.30. The number of aromatic nitrogens is 2. The number of halogens is 1. The van der Waals surface area contributed by atoms with E-state index in [1.165, 1.54) is 10.8 Å². The Morgan fingerprint density at radius 1 is 1.08 bits per heavy atom. The van der Waals surface area contributed by atoms with E-state index in [4.69, 9.17) is 11.6 Å². The van der Waals surface area contributed by atoms with Gasteiger partial charge >= 0.3 is 5.69 Å². The second kappa shape index (κ2) is 7.85. The molecule has 2 aromatic carbocycles. The Balaban J connectivity index is 1.66. The van der Waals surface area contributed by atoms with Gasteiger partial charge < -0.3 is 10.3 Å². The molecule has 1 heterocycles. The maximum atomic E-state index is 12.4. The van der Waals surface area contributed by atoms with Crippen LogP contribution >= 0.6 is 11.6 Å². The van der Waals surface area contributed by atoms with Gasteiger partial charge in [-0.15, -0.1) is 0 Å². The van der Waals surface area contributed by atoms with E-state index in [0.717, 1.165) is 11.1 Å². The Hall–Kier alpha value is -2.79. The lowest BCUT2D eigenvalue weighted by atomic mass is 10.1. The summed E-state index contributed by atoms with van der Waals surface area (Å²) in [7, 11) is 0. The van der Waals surface area contributed by atoms with Gasteiger partial charge in [0.1, 0.15) is 5.69 Å². The fourth-order valence-corrected chi connectivity index (χ4v) is 2.84. The molecule has 5 nitrogen and oxygen atoms in total. The lowest BCUT2D eigenvalue weighted by Gasteiger charge is -2.09. The highest BCUT2D eigenvalue weighted by molar-refractivity contribution is 6.31. The first-order valence-corrected chi connectivity index (χ1v) is 8.36. The topological polar surface area (TPSA) is 66.9 Å². The molecule has 128 valence electrons. The van der Waals surface area contributed by atoms with E-state index >= 15 is 0 Å². The van der Waals surface area contributed by atoms with Crippen molar-refractivity contribution < 1.29 is 4.79 Å². The molecule has 0 unspecified atom stereocenters. The maximum absolute atomic E-state index is 12.4. The maximum Gasteiger partial charge on any atom is 0.326 e. The van der Waals surface area contributed by atoms with Crippen LogP contribution in [0.25, 0.3) is 0 Å². The number of rotatable bonds is 6. The van der Waals surface area contributed by atoms with Crippen LogP contribution < -0.4 is 11.0 Å². The largest absolute Gasteiger partial charge is 0.350 e. The van der Waals surface area contributed by atoms with Crippen molar-refractivity contribution in [2.45, 2.75) is 13.0 Å². The highest BCUT2D eigenvalue weighted by atomic mass is 35.5. The van der Waals surface area contributed by atoms with Gasteiger partial charge in [0.25, 0.3) is 5.91 Å². The van der Waals surface area contributed by atoms with Gasteiger partial charge in [0, 0.05) is 17.8 Å². The molecular weight excluding hydrogens is 338 g/mol. The van der Waals surface area contributed by atoms with Crippen LogP contribution in [0.4, 0.5) is 0 Å². The first-order valence-electron chi connectivity index (χ1n) is 7.99. The number of hydrogen-bond acceptors (Lipinski definition) is 2. The number of benzene rings is 2. The van der Waals surface area contributed by atoms with Gasteiger partial charge in [-0.3, -0.25) is 9.36 Å². The van der Waals surface area contributed by atoms with E-state index in [1.807, 2.05) is 54.6 Å². The van der Waals surface area contributed by atoms with Gasteiger partial charge in [-0.2, -0.15) is 0 Å². The summed E-state index contributed by atoms with van der Waals surface area (Å²) in [6.45, 7) is 0.781. The third-order valence-corrected chi connectivity index (χ3v) is 4.29. The second-order valence-electron chi connectivity index (χ2n) is 5.65. The van der Waals surface area contributed by atoms with Crippen LogP contribution in [-0.2, 0) is 13.0 Å². The predicted molar refractivity (Wildman–Crippen MR) is 98.1 cm³/mol. The zero-order valence-corrected chi connectivity index (χ0v) is 14.3. The summed E-state index contributed by atoms with van der Waals surface area (Å²) in [6, 6.07) is 17.1. The van der Waals surface area contributed by atoms with Crippen LogP contribution in [0, 0.1) is 0 Å². The van der Waals surface area contributed by atoms with Crippen LogP contribution in [0.2, 0.25) is 5.02 Å². The molecule has 0 radical (unpaired) electrons. The molecule has 0 bridgehead atoms. The molecule has 0 spiro atoms. The minimum atomic E-state index is -0.305. The minimum Gasteiger partial charge on any atom is -0.350 e. The van der Waals surface area contributed by atoms with Gasteiger partial charge in [-0.25, -0.2) is 4.79 Å². The molecule has 1 amide bonds. The van der Waals surface area contributed by atoms with E-state index in [2.05, 4.69) is 10.3 Å². The highest BCUT2D eigenvalue weighted by Gasteiger charge is 2.14. The number of amides is 1. The number of carbonyl (C=O) groups excluding carboxylic acids is 1. The molecule has 0 aliphatic heterocycles. The molecule has 0 aliphatic rings. The fraction of sp³-hybridized carbons (Fsp3) is 0.158. The van der Waals surface area contributed by atoms with Crippen molar-refractivity contribution in [3.05, 3.63) is 93.1 Å². The smallest absolute Gasteiger partial charge is 0.326 e. The second-order valence-corrected chi connectivity index (χ2v) is 6.06. The number of imidazole rings is 1. The molecule has 6 heteroatoms. The third-order valence-electron chi connectivity index (χ3n) is 3.92. The molecule has 25 heavy (non-hydrogen) atoms. The van der Waals surface area contributed by atoms with Crippen LogP contribution in [0.15, 0.2) is 65.6 Å². The normalized spacial score (nSPS) is 10.6. The van der Waals surface area contributed by atoms with Gasteiger partial charge in [0.05, 0.1) is 6.54 Å². The number of carbonyl (C=O) groups is 1. The SMILES string of the molecule is O=C(NCCc1ccccc1Cl)c1c[nH]c(=O)n1Cc1ccccc1. The lowest BCUT2D eigenvalue weighted by molar-refractivity contribution is 0.0945.